The Morgan fingerprint density at radius 3 is 1.29 bits per heavy atom. The molecule has 0 heterocycles. The molecule has 28 heavy (non-hydrogen) atoms. The van der Waals surface area contributed by atoms with Gasteiger partial charge in [-0.15, -0.1) is 0 Å². The van der Waals surface area contributed by atoms with E-state index in [4.69, 9.17) is 9.05 Å². The summed E-state index contributed by atoms with van der Waals surface area (Å²) in [5.74, 6) is 1.60. The van der Waals surface area contributed by atoms with Crippen LogP contribution in [0.15, 0.2) is 0 Å². The van der Waals surface area contributed by atoms with Gasteiger partial charge >= 0.3 is 178 Å². The van der Waals surface area contributed by atoms with E-state index >= 15 is 0 Å². The van der Waals surface area contributed by atoms with Crippen LogP contribution >= 0.6 is 7.94 Å². The third-order valence-corrected chi connectivity index (χ3v) is 8.59. The van der Waals surface area contributed by atoms with Gasteiger partial charge in [0.05, 0.1) is 0 Å². The fraction of sp³-hybridized carbons (Fsp3) is 1.00. The molecular weight excluding hydrogens is 367 g/mol. The Balaban J connectivity index is 4.94. The normalized spacial score (nSPS) is 16.1. The van der Waals surface area contributed by atoms with Gasteiger partial charge in [0.1, 0.15) is 0 Å². The Labute approximate surface area is 177 Å². The molecule has 0 aliphatic rings. The average Bonchev–Trinajstić information content (AvgIpc) is 2.71. The van der Waals surface area contributed by atoms with E-state index in [1.165, 1.54) is 57.8 Å². The van der Waals surface area contributed by atoms with Crippen molar-refractivity contribution in [3.8, 4) is 0 Å². The van der Waals surface area contributed by atoms with Crippen LogP contribution in [-0.4, -0.2) is 24.3 Å². The van der Waals surface area contributed by atoms with Crippen LogP contribution in [0.25, 0.3) is 0 Å². The fourth-order valence-electron chi connectivity index (χ4n) is 3.76. The van der Waals surface area contributed by atoms with E-state index in [0.717, 1.165) is 25.4 Å². The molecule has 0 aromatic carbocycles. The summed E-state index contributed by atoms with van der Waals surface area (Å²) in [6.45, 7) is 14.7. The van der Waals surface area contributed by atoms with Crippen LogP contribution in [-0.2, 0) is 9.05 Å². The number of rotatable bonds is 20. The topological polar surface area (TPSA) is 38.7 Å². The molecule has 0 amide bonds. The van der Waals surface area contributed by atoms with E-state index in [-0.39, 0.29) is 0 Å². The molecule has 3 atom stereocenters. The predicted molar refractivity (Wildman–Crippen MR) is 127 cm³/mol. The number of unbranched alkanes of at least 4 members (excludes halogenated alkanes) is 3. The van der Waals surface area contributed by atoms with E-state index in [9.17, 15) is 4.89 Å². The summed E-state index contributed by atoms with van der Waals surface area (Å²) in [7, 11) is -3.12. The van der Waals surface area contributed by atoms with Crippen molar-refractivity contribution in [2.24, 2.45) is 17.8 Å². The second-order valence-electron chi connectivity index (χ2n) is 8.79. The molecule has 0 rings (SSSR count). The predicted octanol–water partition coefficient (Wildman–Crippen LogP) is 8.16. The summed E-state index contributed by atoms with van der Waals surface area (Å²) in [5.41, 5.74) is 0. The van der Waals surface area contributed by atoms with Crippen LogP contribution < -0.4 is 0 Å². The van der Waals surface area contributed by atoms with Crippen LogP contribution in [0.3, 0.4) is 0 Å². The number of hydrogen-bond acceptors (Lipinski definition) is 3. The van der Waals surface area contributed by atoms with Gasteiger partial charge in [0.2, 0.25) is 0 Å². The molecule has 0 saturated heterocycles. The minimum atomic E-state index is -3.12. The average molecular weight is 421 g/mol. The Kier molecular flexibility index (Phi) is 18.3. The minimum absolute atomic E-state index is 0.517. The van der Waals surface area contributed by atoms with Crippen molar-refractivity contribution in [1.29, 1.82) is 0 Å². The molecule has 0 spiro atoms. The second-order valence-corrected chi connectivity index (χ2v) is 11.2. The Morgan fingerprint density at radius 1 is 0.607 bits per heavy atom. The summed E-state index contributed by atoms with van der Waals surface area (Å²) < 4.78 is 12.5. The molecule has 0 saturated carbocycles. The van der Waals surface area contributed by atoms with Crippen molar-refractivity contribution < 1.29 is 13.9 Å². The maximum absolute atomic E-state index is 11.4. The van der Waals surface area contributed by atoms with Crippen molar-refractivity contribution in [2.45, 2.75) is 119 Å². The SMILES string of the molecule is CCCCC(CC)CO[PH](O)(CC(CC)CCCC)OCC(CC)CCCC. The summed E-state index contributed by atoms with van der Waals surface area (Å²) in [6.07, 6.45) is 15.0. The van der Waals surface area contributed by atoms with Crippen molar-refractivity contribution in [2.75, 3.05) is 19.4 Å². The van der Waals surface area contributed by atoms with Gasteiger partial charge in [-0.2, -0.15) is 0 Å². The van der Waals surface area contributed by atoms with Crippen LogP contribution in [0.2, 0.25) is 0 Å². The number of hydrogen-bond donors (Lipinski definition) is 1. The molecule has 172 valence electrons. The molecule has 4 heteroatoms. The summed E-state index contributed by atoms with van der Waals surface area (Å²) in [5, 5.41) is 0. The van der Waals surface area contributed by atoms with Crippen molar-refractivity contribution >= 4 is 7.94 Å². The first-order valence-electron chi connectivity index (χ1n) is 12.5. The summed E-state index contributed by atoms with van der Waals surface area (Å²) in [4.78, 5) is 11.4. The van der Waals surface area contributed by atoms with Gasteiger partial charge < -0.3 is 0 Å². The Morgan fingerprint density at radius 2 is 0.964 bits per heavy atom. The van der Waals surface area contributed by atoms with Gasteiger partial charge in [-0.3, -0.25) is 0 Å². The zero-order chi connectivity index (χ0) is 21.3. The van der Waals surface area contributed by atoms with Gasteiger partial charge in [-0.1, -0.05) is 0 Å². The summed E-state index contributed by atoms with van der Waals surface area (Å²) >= 11 is 0. The van der Waals surface area contributed by atoms with Crippen LogP contribution in [0.5, 0.6) is 0 Å². The molecule has 0 aromatic heterocycles. The molecular formula is C24H53O3P. The quantitative estimate of drug-likeness (QED) is 0.202. The zero-order valence-electron chi connectivity index (χ0n) is 20.1. The Hall–Kier alpha value is 0.310. The van der Waals surface area contributed by atoms with E-state index in [1.54, 1.807) is 0 Å². The molecule has 0 aromatic rings. The van der Waals surface area contributed by atoms with Crippen LogP contribution in [0.1, 0.15) is 119 Å². The first kappa shape index (κ1) is 28.3. The van der Waals surface area contributed by atoms with Gasteiger partial charge in [0, 0.05) is 0 Å². The molecule has 3 nitrogen and oxygen atoms in total. The fourth-order valence-corrected chi connectivity index (χ4v) is 6.29. The molecule has 0 radical (unpaired) electrons. The molecule has 0 bridgehead atoms. The molecule has 0 aliphatic heterocycles. The van der Waals surface area contributed by atoms with Gasteiger partial charge in [0.15, 0.2) is 0 Å². The molecule has 0 fully saturated rings. The van der Waals surface area contributed by atoms with E-state index in [0.29, 0.717) is 31.0 Å². The van der Waals surface area contributed by atoms with E-state index in [2.05, 4.69) is 41.5 Å². The maximum atomic E-state index is 11.4. The first-order valence-corrected chi connectivity index (χ1v) is 14.5. The van der Waals surface area contributed by atoms with Crippen molar-refractivity contribution in [3.63, 3.8) is 0 Å². The van der Waals surface area contributed by atoms with Crippen LogP contribution in [0, 0.1) is 17.8 Å². The van der Waals surface area contributed by atoms with E-state index < -0.39 is 7.94 Å². The van der Waals surface area contributed by atoms with Gasteiger partial charge in [0.25, 0.3) is 0 Å². The van der Waals surface area contributed by atoms with Crippen molar-refractivity contribution in [3.05, 3.63) is 0 Å². The summed E-state index contributed by atoms with van der Waals surface area (Å²) in [6, 6.07) is 0. The van der Waals surface area contributed by atoms with Crippen LogP contribution in [0.4, 0.5) is 0 Å². The molecule has 1 N–H and O–H groups in total. The first-order chi connectivity index (χ1) is 13.5. The van der Waals surface area contributed by atoms with Crippen molar-refractivity contribution in [1.82, 2.24) is 0 Å². The molecule has 0 aliphatic carbocycles. The third kappa shape index (κ3) is 13.5. The third-order valence-electron chi connectivity index (χ3n) is 6.27. The zero-order valence-corrected chi connectivity index (χ0v) is 21.1. The Bertz CT molecular complexity index is 318. The second kappa shape index (κ2) is 18.1. The molecule has 3 unspecified atom stereocenters. The standard InChI is InChI=1S/C24H53O3P/c1-7-13-16-22(10-4)19-26-28(25,21-24(12-6)18-15-9-3)27-20-23(11-5)17-14-8-2/h22-25,28H,7-21H2,1-6H3. The van der Waals surface area contributed by atoms with E-state index in [1.807, 2.05) is 0 Å². The van der Waals surface area contributed by atoms with Gasteiger partial charge in [-0.25, -0.2) is 0 Å². The van der Waals surface area contributed by atoms with Gasteiger partial charge in [-0.05, 0) is 0 Å². The monoisotopic (exact) mass is 420 g/mol.